The van der Waals surface area contributed by atoms with Gasteiger partial charge in [-0.25, -0.2) is 4.39 Å². The van der Waals surface area contributed by atoms with Crippen molar-refractivity contribution in [2.24, 2.45) is 17.8 Å². The van der Waals surface area contributed by atoms with Gasteiger partial charge in [0.05, 0.1) is 6.04 Å². The maximum absolute atomic E-state index is 14.0. The van der Waals surface area contributed by atoms with Gasteiger partial charge in [0, 0.05) is 55.3 Å². The average Bonchev–Trinajstić information content (AvgIpc) is 3.41. The monoisotopic (exact) mass is 439 g/mol. The first-order valence-electron chi connectivity index (χ1n) is 11.1. The number of pyridine rings is 1. The number of fused-ring (bicyclic) bond motifs is 3. The lowest BCUT2D eigenvalue weighted by molar-refractivity contribution is -0.142. The van der Waals surface area contributed by atoms with Gasteiger partial charge in [-0.2, -0.15) is 0 Å². The molecule has 2 amide bonds. The molecule has 2 aromatic rings. The number of nitrogens with one attached hydrogen (secondary N) is 1. The zero-order valence-corrected chi connectivity index (χ0v) is 17.6. The van der Waals surface area contributed by atoms with E-state index < -0.39 is 29.7 Å². The van der Waals surface area contributed by atoms with Gasteiger partial charge in [0.15, 0.2) is 0 Å². The lowest BCUT2D eigenvalue weighted by Crippen LogP contribution is -2.50. The molecule has 3 heterocycles. The minimum Gasteiger partial charge on any atom is -0.396 e. The van der Waals surface area contributed by atoms with Gasteiger partial charge in [-0.05, 0) is 30.9 Å². The molecule has 2 N–H and O–H groups in total. The first-order valence-corrected chi connectivity index (χ1v) is 11.1. The van der Waals surface area contributed by atoms with Gasteiger partial charge >= 0.3 is 0 Å². The largest absolute Gasteiger partial charge is 0.396 e. The summed E-state index contributed by atoms with van der Waals surface area (Å²) in [5.74, 6) is -1.36. The Hall–Kier alpha value is -3.00. The van der Waals surface area contributed by atoms with E-state index in [-0.39, 0.29) is 30.5 Å². The van der Waals surface area contributed by atoms with Gasteiger partial charge in [-0.15, -0.1) is 0 Å². The molecular formula is C24H26FN3O4. The van der Waals surface area contributed by atoms with E-state index in [1.165, 1.54) is 12.1 Å². The highest BCUT2D eigenvalue weighted by Gasteiger charge is 2.57. The van der Waals surface area contributed by atoms with Crippen LogP contribution in [0.15, 0.2) is 47.3 Å². The molecule has 1 saturated carbocycles. The number of aliphatic hydroxyl groups is 1. The third-order valence-electron chi connectivity index (χ3n) is 7.08. The van der Waals surface area contributed by atoms with Crippen molar-refractivity contribution in [3.05, 3.63) is 69.9 Å². The number of hydrogen-bond donors (Lipinski definition) is 2. The standard InChI is InChI=1S/C24H26FN3O4/c25-18-5-2-1-4-15(18)11-26-24(32)23-17(13-29)16-12-27-19(6-3-7-20(27)30)22(16)28(23)21(31)10-14-8-9-14/h1-7,14,16-17,22-23,29H,8-13H2,(H,26,32)/t16-,17-,22+,23-/m1/s1. The van der Waals surface area contributed by atoms with Crippen molar-refractivity contribution in [3.63, 3.8) is 0 Å². The number of aromatic nitrogens is 1. The minimum absolute atomic E-state index is 0.00378. The fraction of sp³-hybridized carbons (Fsp3) is 0.458. The summed E-state index contributed by atoms with van der Waals surface area (Å²) < 4.78 is 15.7. The third kappa shape index (κ3) is 3.52. The maximum atomic E-state index is 14.0. The number of hydrogen-bond acceptors (Lipinski definition) is 4. The summed E-state index contributed by atoms with van der Waals surface area (Å²) in [4.78, 5) is 40.7. The Labute approximate surface area is 184 Å². The quantitative estimate of drug-likeness (QED) is 0.715. The van der Waals surface area contributed by atoms with Crippen LogP contribution in [0.2, 0.25) is 0 Å². The van der Waals surface area contributed by atoms with Crippen LogP contribution in [0.5, 0.6) is 0 Å². The van der Waals surface area contributed by atoms with Gasteiger partial charge in [0.25, 0.3) is 5.56 Å². The molecule has 168 valence electrons. The van der Waals surface area contributed by atoms with Gasteiger partial charge in [-0.3, -0.25) is 14.4 Å². The van der Waals surface area contributed by atoms with E-state index in [1.54, 1.807) is 33.7 Å². The molecule has 1 aromatic carbocycles. The summed E-state index contributed by atoms with van der Waals surface area (Å²) >= 11 is 0. The molecule has 8 heteroatoms. The Kier molecular flexibility index (Phi) is 5.33. The van der Waals surface area contributed by atoms with Crippen LogP contribution < -0.4 is 10.9 Å². The Balaban J connectivity index is 1.47. The van der Waals surface area contributed by atoms with Crippen molar-refractivity contribution < 1.29 is 19.1 Å². The summed E-state index contributed by atoms with van der Waals surface area (Å²) in [6.45, 7) is 0.0697. The van der Waals surface area contributed by atoms with E-state index in [4.69, 9.17) is 0 Å². The van der Waals surface area contributed by atoms with Crippen molar-refractivity contribution in [2.75, 3.05) is 6.61 Å². The van der Waals surface area contributed by atoms with Gasteiger partial charge < -0.3 is 19.9 Å². The number of carbonyl (C=O) groups is 2. The predicted molar refractivity (Wildman–Crippen MR) is 114 cm³/mol. The fourth-order valence-corrected chi connectivity index (χ4v) is 5.32. The summed E-state index contributed by atoms with van der Waals surface area (Å²) in [6.07, 6.45) is 2.35. The summed E-state index contributed by atoms with van der Waals surface area (Å²) in [5.41, 5.74) is 0.908. The zero-order valence-electron chi connectivity index (χ0n) is 17.6. The molecular weight excluding hydrogens is 413 g/mol. The highest BCUT2D eigenvalue weighted by molar-refractivity contribution is 5.89. The first-order chi connectivity index (χ1) is 15.5. The highest BCUT2D eigenvalue weighted by atomic mass is 19.1. The normalized spacial score (nSPS) is 26.0. The Morgan fingerprint density at radius 2 is 1.91 bits per heavy atom. The summed E-state index contributed by atoms with van der Waals surface area (Å²) in [6, 6.07) is 9.87. The molecule has 2 aliphatic heterocycles. The van der Waals surface area contributed by atoms with Crippen LogP contribution in [0.4, 0.5) is 4.39 Å². The average molecular weight is 439 g/mol. The number of likely N-dealkylation sites (tertiary alicyclic amines) is 1. The van der Waals surface area contributed by atoms with Crippen LogP contribution in [0, 0.1) is 23.6 Å². The second-order valence-corrected chi connectivity index (χ2v) is 9.06. The lowest BCUT2D eigenvalue weighted by atomic mass is 9.88. The Morgan fingerprint density at radius 1 is 1.12 bits per heavy atom. The molecule has 7 nitrogen and oxygen atoms in total. The summed E-state index contributed by atoms with van der Waals surface area (Å²) in [5, 5.41) is 13.0. The Morgan fingerprint density at radius 3 is 2.62 bits per heavy atom. The van der Waals surface area contributed by atoms with E-state index in [1.807, 2.05) is 6.07 Å². The second-order valence-electron chi connectivity index (χ2n) is 9.06. The highest BCUT2D eigenvalue weighted by Crippen LogP contribution is 2.50. The maximum Gasteiger partial charge on any atom is 0.250 e. The number of aliphatic hydroxyl groups excluding tert-OH is 1. The molecule has 1 saturated heterocycles. The molecule has 1 aromatic heterocycles. The van der Waals surface area contributed by atoms with Gasteiger partial charge in [0.1, 0.15) is 11.9 Å². The first kappa shape index (κ1) is 20.9. The topological polar surface area (TPSA) is 91.6 Å². The Bertz CT molecular complexity index is 1110. The van der Waals surface area contributed by atoms with Crippen LogP contribution in [-0.2, 0) is 22.7 Å². The van der Waals surface area contributed by atoms with E-state index in [0.717, 1.165) is 12.8 Å². The van der Waals surface area contributed by atoms with E-state index in [9.17, 15) is 23.9 Å². The van der Waals surface area contributed by atoms with Crippen LogP contribution >= 0.6 is 0 Å². The van der Waals surface area contributed by atoms with Crippen LogP contribution in [0.25, 0.3) is 0 Å². The second kappa shape index (κ2) is 8.16. The fourth-order valence-electron chi connectivity index (χ4n) is 5.32. The molecule has 5 rings (SSSR count). The van der Waals surface area contributed by atoms with Crippen molar-refractivity contribution in [2.45, 2.75) is 44.4 Å². The van der Waals surface area contributed by atoms with E-state index >= 15 is 0 Å². The van der Waals surface area contributed by atoms with Crippen LogP contribution in [-0.4, -0.2) is 39.0 Å². The minimum atomic E-state index is -0.864. The molecule has 4 atom stereocenters. The van der Waals surface area contributed by atoms with Crippen molar-refractivity contribution in [1.29, 1.82) is 0 Å². The van der Waals surface area contributed by atoms with E-state index in [2.05, 4.69) is 5.32 Å². The SMILES string of the molecule is O=C(NCc1ccccc1F)[C@H]1[C@H](CO)[C@H]2Cn3c(cccc3=O)[C@H]2N1C(=O)CC1CC1. The number of halogens is 1. The molecule has 0 unspecified atom stereocenters. The van der Waals surface area contributed by atoms with Crippen molar-refractivity contribution in [1.82, 2.24) is 14.8 Å². The number of carbonyl (C=O) groups excluding carboxylic acids is 2. The smallest absolute Gasteiger partial charge is 0.250 e. The molecule has 0 spiro atoms. The van der Waals surface area contributed by atoms with Gasteiger partial charge in [-0.1, -0.05) is 24.3 Å². The molecule has 3 aliphatic rings. The molecule has 1 aliphatic carbocycles. The van der Waals surface area contributed by atoms with Crippen molar-refractivity contribution >= 4 is 11.8 Å². The third-order valence-corrected chi connectivity index (χ3v) is 7.08. The number of rotatable bonds is 6. The van der Waals surface area contributed by atoms with Crippen LogP contribution in [0.3, 0.4) is 0 Å². The lowest BCUT2D eigenvalue weighted by Gasteiger charge is -2.31. The van der Waals surface area contributed by atoms with Gasteiger partial charge in [0.2, 0.25) is 11.8 Å². The zero-order chi connectivity index (χ0) is 22.4. The molecule has 0 bridgehead atoms. The molecule has 2 fully saturated rings. The van der Waals surface area contributed by atoms with Crippen molar-refractivity contribution in [3.8, 4) is 0 Å². The van der Waals surface area contributed by atoms with Crippen LogP contribution in [0.1, 0.15) is 36.6 Å². The molecule has 32 heavy (non-hydrogen) atoms. The number of nitrogens with zero attached hydrogens (tertiary/aromatic N) is 2. The number of benzene rings is 1. The predicted octanol–water partition coefficient (Wildman–Crippen LogP) is 1.59. The number of amides is 2. The molecule has 0 radical (unpaired) electrons. The summed E-state index contributed by atoms with van der Waals surface area (Å²) in [7, 11) is 0. The van der Waals surface area contributed by atoms with E-state index in [0.29, 0.717) is 30.1 Å².